The summed E-state index contributed by atoms with van der Waals surface area (Å²) in [5.74, 6) is 12.6. The number of carbonyl (C=O) groups is 2. The summed E-state index contributed by atoms with van der Waals surface area (Å²) in [4.78, 5) is 23.3. The largest absolute Gasteiger partial charge is 0.489 e. The molecule has 3 rings (SSSR count). The molecule has 44 heavy (non-hydrogen) atoms. The monoisotopic (exact) mass is 630 g/mol. The summed E-state index contributed by atoms with van der Waals surface area (Å²) in [7, 11) is 0. The van der Waals surface area contributed by atoms with Gasteiger partial charge in [-0.25, -0.2) is 0 Å². The fourth-order valence-corrected chi connectivity index (χ4v) is 4.16. The number of hydrogen-bond donors (Lipinski definition) is 0. The molecule has 0 radical (unpaired) electrons. The number of allylic oxidation sites excluding steroid dienone is 2. The Labute approximate surface area is 268 Å². The number of hydrogen-bond acceptors (Lipinski definition) is 6. The summed E-state index contributed by atoms with van der Waals surface area (Å²) in [6.07, 6.45) is 7.33. The molecule has 0 unspecified atom stereocenters. The van der Waals surface area contributed by atoms with Gasteiger partial charge in [0, 0.05) is 16.1 Å². The van der Waals surface area contributed by atoms with Gasteiger partial charge in [-0.2, -0.15) is 0 Å². The minimum Gasteiger partial charge on any atom is -0.489 e. The van der Waals surface area contributed by atoms with Gasteiger partial charge in [-0.15, -0.1) is 0 Å². The third-order valence-corrected chi connectivity index (χ3v) is 6.36. The number of benzene rings is 3. The zero-order chi connectivity index (χ0) is 31.6. The fourth-order valence-electron chi connectivity index (χ4n) is 3.66. The molecule has 0 fully saturated rings. The number of halogens is 2. The molecule has 0 aliphatic carbocycles. The highest BCUT2D eigenvalue weighted by molar-refractivity contribution is 6.32. The molecule has 0 aliphatic heterocycles. The normalized spacial score (nSPS) is 10.5. The lowest BCUT2D eigenvalue weighted by Crippen LogP contribution is -2.07. The molecule has 6 nitrogen and oxygen atoms in total. The summed E-state index contributed by atoms with van der Waals surface area (Å²) in [5.41, 5.74) is 3.17. The van der Waals surface area contributed by atoms with Crippen LogP contribution in [-0.2, 0) is 31.9 Å². The number of carbonyl (C=O) groups excluding carboxylic acids is 2. The minimum absolute atomic E-state index is 0.123. The van der Waals surface area contributed by atoms with Crippen LogP contribution in [0.25, 0.3) is 0 Å². The van der Waals surface area contributed by atoms with Gasteiger partial charge in [0.05, 0.1) is 31.1 Å². The van der Waals surface area contributed by atoms with E-state index < -0.39 is 0 Å². The molecule has 0 saturated carbocycles. The van der Waals surface area contributed by atoms with Crippen molar-refractivity contribution in [2.75, 3.05) is 26.4 Å². The molecule has 8 heteroatoms. The first-order valence-corrected chi connectivity index (χ1v) is 14.7. The van der Waals surface area contributed by atoms with Gasteiger partial charge in [0.1, 0.15) is 24.7 Å². The van der Waals surface area contributed by atoms with E-state index in [-0.39, 0.29) is 24.8 Å². The highest BCUT2D eigenvalue weighted by Crippen LogP contribution is 2.26. The van der Waals surface area contributed by atoms with E-state index in [4.69, 9.17) is 42.1 Å². The first kappa shape index (κ1) is 33.9. The molecule has 3 aromatic rings. The van der Waals surface area contributed by atoms with Gasteiger partial charge >= 0.3 is 11.9 Å². The molecule has 0 spiro atoms. The van der Waals surface area contributed by atoms with Gasteiger partial charge in [0.15, 0.2) is 0 Å². The van der Waals surface area contributed by atoms with Crippen molar-refractivity contribution in [1.82, 2.24) is 0 Å². The summed E-state index contributed by atoms with van der Waals surface area (Å²) < 4.78 is 21.2. The van der Waals surface area contributed by atoms with Crippen molar-refractivity contribution in [3.8, 4) is 35.2 Å². The van der Waals surface area contributed by atoms with E-state index in [9.17, 15) is 9.59 Å². The summed E-state index contributed by atoms with van der Waals surface area (Å²) in [6.45, 7) is 4.83. The fraction of sp³-hybridized carbons (Fsp3) is 0.222. The molecule has 0 N–H and O–H groups in total. The maximum absolute atomic E-state index is 11.6. The van der Waals surface area contributed by atoms with Crippen LogP contribution in [0, 0.1) is 23.7 Å². The highest BCUT2D eigenvalue weighted by atomic mass is 35.5. The highest BCUT2D eigenvalue weighted by Gasteiger charge is 2.09. The van der Waals surface area contributed by atoms with E-state index in [1.807, 2.05) is 24.3 Å². The van der Waals surface area contributed by atoms with Crippen LogP contribution in [0.3, 0.4) is 0 Å². The van der Waals surface area contributed by atoms with E-state index in [2.05, 4.69) is 23.7 Å². The SMILES string of the molecule is CCOC(=O)Cc1ccc(OCC=CC#Cc2ccc(C#CC=CCOc3ccc(CC(=O)OCC)c(Cl)c3)cc2)c(Cl)c1. The van der Waals surface area contributed by atoms with Crippen LogP contribution < -0.4 is 9.47 Å². The Morgan fingerprint density at radius 3 is 1.86 bits per heavy atom. The first-order valence-electron chi connectivity index (χ1n) is 13.9. The number of ether oxygens (including phenoxy) is 4. The van der Waals surface area contributed by atoms with Gasteiger partial charge < -0.3 is 18.9 Å². The molecule has 0 atom stereocenters. The Kier molecular flexibility index (Phi) is 14.5. The van der Waals surface area contributed by atoms with E-state index in [1.165, 1.54) is 0 Å². The second-order valence-corrected chi connectivity index (χ2v) is 9.84. The van der Waals surface area contributed by atoms with E-state index in [0.29, 0.717) is 53.5 Å². The summed E-state index contributed by atoms with van der Waals surface area (Å²) in [5, 5.41) is 0.884. The predicted molar refractivity (Wildman–Crippen MR) is 173 cm³/mol. The lowest BCUT2D eigenvalue weighted by molar-refractivity contribution is -0.143. The average Bonchev–Trinajstić information content (AvgIpc) is 3.00. The Balaban J connectivity index is 1.39. The molecule has 0 bridgehead atoms. The Hall–Kier alpha value is -4.62. The quantitative estimate of drug-likeness (QED) is 0.156. The molecule has 0 heterocycles. The summed E-state index contributed by atoms with van der Waals surface area (Å²) in [6, 6.07) is 18.0. The zero-order valence-corrected chi connectivity index (χ0v) is 26.0. The zero-order valence-electron chi connectivity index (χ0n) is 24.5. The second-order valence-electron chi connectivity index (χ2n) is 9.02. The van der Waals surface area contributed by atoms with Crippen LogP contribution in [0.15, 0.2) is 85.0 Å². The van der Waals surface area contributed by atoms with E-state index >= 15 is 0 Å². The van der Waals surface area contributed by atoms with Crippen molar-refractivity contribution in [2.24, 2.45) is 0 Å². The van der Waals surface area contributed by atoms with E-state index in [1.54, 1.807) is 74.5 Å². The Morgan fingerprint density at radius 1 is 0.705 bits per heavy atom. The molecule has 0 saturated heterocycles. The molecular formula is C36H32Cl2O6. The van der Waals surface area contributed by atoms with Gasteiger partial charge in [-0.05, 0) is 97.8 Å². The smallest absolute Gasteiger partial charge is 0.310 e. The third kappa shape index (κ3) is 12.3. The molecule has 0 aromatic heterocycles. The Bertz CT molecular complexity index is 1600. The summed E-state index contributed by atoms with van der Waals surface area (Å²) >= 11 is 12.5. The minimum atomic E-state index is -0.317. The molecule has 3 aromatic carbocycles. The van der Waals surface area contributed by atoms with Gasteiger partial charge in [0.2, 0.25) is 0 Å². The van der Waals surface area contributed by atoms with E-state index in [0.717, 1.165) is 16.7 Å². The van der Waals surface area contributed by atoms with Crippen LogP contribution in [0.1, 0.15) is 36.1 Å². The molecular weight excluding hydrogens is 599 g/mol. The molecule has 0 aliphatic rings. The maximum atomic E-state index is 11.6. The van der Waals surface area contributed by atoms with Crippen LogP contribution in [0.2, 0.25) is 10.0 Å². The van der Waals surface area contributed by atoms with Gasteiger partial charge in [-0.1, -0.05) is 59.0 Å². The second kappa shape index (κ2) is 18.8. The van der Waals surface area contributed by atoms with Crippen molar-refractivity contribution in [3.05, 3.63) is 117 Å². The van der Waals surface area contributed by atoms with Crippen molar-refractivity contribution in [1.29, 1.82) is 0 Å². The number of rotatable bonds is 12. The standard InChI is InChI=1S/C36H32Cl2O6/c1-3-41-35(39)24-29-17-20-34(33(38)23-29)44-22-10-6-8-12-28-15-13-27(14-16-28)11-7-5-9-21-43-31-19-18-30(32(37)26-31)25-36(40)42-4-2/h5-6,9-10,13-20,23,26H,3-4,21-22,24-25H2,1-2H3. The van der Waals surface area contributed by atoms with Crippen LogP contribution in [-0.4, -0.2) is 38.4 Å². The molecule has 226 valence electrons. The lowest BCUT2D eigenvalue weighted by Gasteiger charge is -2.07. The Morgan fingerprint density at radius 2 is 1.30 bits per heavy atom. The van der Waals surface area contributed by atoms with Crippen molar-refractivity contribution < 1.29 is 28.5 Å². The van der Waals surface area contributed by atoms with Gasteiger partial charge in [-0.3, -0.25) is 9.59 Å². The maximum Gasteiger partial charge on any atom is 0.310 e. The van der Waals surface area contributed by atoms with Crippen LogP contribution in [0.4, 0.5) is 0 Å². The van der Waals surface area contributed by atoms with Crippen LogP contribution >= 0.6 is 23.2 Å². The average molecular weight is 632 g/mol. The first-order chi connectivity index (χ1) is 21.4. The van der Waals surface area contributed by atoms with Gasteiger partial charge in [0.25, 0.3) is 0 Å². The predicted octanol–water partition coefficient (Wildman–Crippen LogP) is 7.18. The number of esters is 2. The third-order valence-electron chi connectivity index (χ3n) is 5.72. The van der Waals surface area contributed by atoms with Crippen molar-refractivity contribution in [3.63, 3.8) is 0 Å². The lowest BCUT2D eigenvalue weighted by atomic mass is 10.1. The topological polar surface area (TPSA) is 71.1 Å². The van der Waals surface area contributed by atoms with Crippen molar-refractivity contribution >= 4 is 35.1 Å². The molecule has 0 amide bonds. The van der Waals surface area contributed by atoms with Crippen LogP contribution in [0.5, 0.6) is 11.5 Å². The van der Waals surface area contributed by atoms with Crippen molar-refractivity contribution in [2.45, 2.75) is 26.7 Å².